The third kappa shape index (κ3) is 1.61. The van der Waals surface area contributed by atoms with Gasteiger partial charge < -0.3 is 9.47 Å². The van der Waals surface area contributed by atoms with Gasteiger partial charge in [-0.3, -0.25) is 0 Å². The number of thiol groups is 1. The zero-order valence-corrected chi connectivity index (χ0v) is 8.60. The van der Waals surface area contributed by atoms with Crippen LogP contribution in [0.5, 0.6) is 11.5 Å². The minimum absolute atomic E-state index is 0.138. The SMILES string of the molecule is CC(C)(S)c1ccc2c(c1)OCO2. The van der Waals surface area contributed by atoms with Crippen molar-refractivity contribution in [3.8, 4) is 11.5 Å². The van der Waals surface area contributed by atoms with Gasteiger partial charge in [0.05, 0.1) is 0 Å². The van der Waals surface area contributed by atoms with E-state index in [9.17, 15) is 0 Å². The second kappa shape index (κ2) is 2.84. The molecule has 0 atom stereocenters. The molecule has 0 bridgehead atoms. The van der Waals surface area contributed by atoms with Gasteiger partial charge in [0.2, 0.25) is 6.79 Å². The van der Waals surface area contributed by atoms with E-state index in [-0.39, 0.29) is 4.75 Å². The Balaban J connectivity index is 2.42. The van der Waals surface area contributed by atoms with E-state index < -0.39 is 0 Å². The predicted molar refractivity (Wildman–Crippen MR) is 54.6 cm³/mol. The maximum Gasteiger partial charge on any atom is 0.231 e. The Morgan fingerprint density at radius 2 is 1.92 bits per heavy atom. The molecular formula is C10H12O2S. The van der Waals surface area contributed by atoms with Crippen molar-refractivity contribution >= 4 is 12.6 Å². The van der Waals surface area contributed by atoms with Gasteiger partial charge in [-0.1, -0.05) is 6.07 Å². The number of ether oxygens (including phenoxy) is 2. The zero-order chi connectivity index (χ0) is 9.47. The van der Waals surface area contributed by atoms with Gasteiger partial charge in [-0.2, -0.15) is 12.6 Å². The minimum atomic E-state index is -0.138. The lowest BCUT2D eigenvalue weighted by molar-refractivity contribution is 0.174. The van der Waals surface area contributed by atoms with E-state index in [4.69, 9.17) is 9.47 Å². The normalized spacial score (nSPS) is 14.7. The van der Waals surface area contributed by atoms with E-state index in [0.717, 1.165) is 17.1 Å². The first-order valence-electron chi connectivity index (χ1n) is 4.20. The molecule has 0 saturated heterocycles. The van der Waals surface area contributed by atoms with Crippen LogP contribution in [-0.2, 0) is 4.75 Å². The van der Waals surface area contributed by atoms with Crippen molar-refractivity contribution in [3.63, 3.8) is 0 Å². The summed E-state index contributed by atoms with van der Waals surface area (Å²) in [6.07, 6.45) is 0. The molecule has 3 heteroatoms. The average molecular weight is 196 g/mol. The first-order valence-corrected chi connectivity index (χ1v) is 4.64. The summed E-state index contributed by atoms with van der Waals surface area (Å²) in [5.41, 5.74) is 1.14. The molecule has 1 aromatic rings. The van der Waals surface area contributed by atoms with Gasteiger partial charge in [-0.05, 0) is 31.5 Å². The topological polar surface area (TPSA) is 18.5 Å². The standard InChI is InChI=1S/C10H12O2S/c1-10(2,13)7-3-4-8-9(5-7)12-6-11-8/h3-5,13H,6H2,1-2H3. The molecule has 1 aliphatic heterocycles. The fraction of sp³-hybridized carbons (Fsp3) is 0.400. The van der Waals surface area contributed by atoms with Gasteiger partial charge in [0, 0.05) is 4.75 Å². The molecule has 0 radical (unpaired) electrons. The fourth-order valence-electron chi connectivity index (χ4n) is 1.28. The lowest BCUT2D eigenvalue weighted by atomic mass is 10.0. The highest BCUT2D eigenvalue weighted by Gasteiger charge is 2.19. The minimum Gasteiger partial charge on any atom is -0.454 e. The molecule has 0 aromatic heterocycles. The van der Waals surface area contributed by atoms with Crippen LogP contribution < -0.4 is 9.47 Å². The second-order valence-corrected chi connectivity index (χ2v) is 4.75. The van der Waals surface area contributed by atoms with E-state index >= 15 is 0 Å². The highest BCUT2D eigenvalue weighted by molar-refractivity contribution is 7.81. The summed E-state index contributed by atoms with van der Waals surface area (Å²) in [7, 11) is 0. The first-order chi connectivity index (χ1) is 6.07. The lowest BCUT2D eigenvalue weighted by Crippen LogP contribution is -2.06. The molecule has 2 nitrogen and oxygen atoms in total. The van der Waals surface area contributed by atoms with Crippen molar-refractivity contribution < 1.29 is 9.47 Å². The summed E-state index contributed by atoms with van der Waals surface area (Å²) >= 11 is 4.49. The quantitative estimate of drug-likeness (QED) is 0.696. The van der Waals surface area contributed by atoms with Gasteiger partial charge in [0.25, 0.3) is 0 Å². The molecule has 1 aromatic carbocycles. The van der Waals surface area contributed by atoms with E-state index in [1.807, 2.05) is 32.0 Å². The van der Waals surface area contributed by atoms with E-state index in [1.54, 1.807) is 0 Å². The molecule has 0 unspecified atom stereocenters. The van der Waals surface area contributed by atoms with Crippen LogP contribution in [0.2, 0.25) is 0 Å². The summed E-state index contributed by atoms with van der Waals surface area (Å²) in [5, 5.41) is 0. The van der Waals surface area contributed by atoms with E-state index in [0.29, 0.717) is 6.79 Å². The van der Waals surface area contributed by atoms with E-state index in [1.165, 1.54) is 0 Å². The number of hydrogen-bond donors (Lipinski definition) is 1. The van der Waals surface area contributed by atoms with Crippen LogP contribution in [0.4, 0.5) is 0 Å². The number of benzene rings is 1. The van der Waals surface area contributed by atoms with Gasteiger partial charge >= 0.3 is 0 Å². The van der Waals surface area contributed by atoms with Crippen LogP contribution in [0.25, 0.3) is 0 Å². The third-order valence-electron chi connectivity index (χ3n) is 2.08. The summed E-state index contributed by atoms with van der Waals surface area (Å²) < 4.78 is 10.4. The van der Waals surface area contributed by atoms with Crippen LogP contribution in [0.15, 0.2) is 18.2 Å². The lowest BCUT2D eigenvalue weighted by Gasteiger charge is -2.17. The Kier molecular flexibility index (Phi) is 1.91. The van der Waals surface area contributed by atoms with Crippen LogP contribution in [-0.4, -0.2) is 6.79 Å². The second-order valence-electron chi connectivity index (χ2n) is 3.63. The predicted octanol–water partition coefficient (Wildman–Crippen LogP) is 2.58. The molecular weight excluding hydrogens is 184 g/mol. The van der Waals surface area contributed by atoms with Crippen molar-refractivity contribution in [3.05, 3.63) is 23.8 Å². The Hall–Kier alpha value is -0.830. The summed E-state index contributed by atoms with van der Waals surface area (Å²) in [6.45, 7) is 4.42. The number of fused-ring (bicyclic) bond motifs is 1. The molecule has 2 rings (SSSR count). The van der Waals surface area contributed by atoms with Crippen molar-refractivity contribution in [2.24, 2.45) is 0 Å². The third-order valence-corrected chi connectivity index (χ3v) is 2.34. The van der Waals surface area contributed by atoms with Crippen LogP contribution >= 0.6 is 12.6 Å². The molecule has 13 heavy (non-hydrogen) atoms. The van der Waals surface area contributed by atoms with Crippen molar-refractivity contribution in [1.29, 1.82) is 0 Å². The Morgan fingerprint density at radius 1 is 1.23 bits per heavy atom. The summed E-state index contributed by atoms with van der Waals surface area (Å²) in [4.78, 5) is 0. The molecule has 70 valence electrons. The fourth-order valence-corrected chi connectivity index (χ4v) is 1.42. The zero-order valence-electron chi connectivity index (χ0n) is 7.70. The molecule has 0 aliphatic carbocycles. The summed E-state index contributed by atoms with van der Waals surface area (Å²) in [5.74, 6) is 1.64. The Morgan fingerprint density at radius 3 is 2.62 bits per heavy atom. The summed E-state index contributed by atoms with van der Waals surface area (Å²) in [6, 6.07) is 5.92. The van der Waals surface area contributed by atoms with Crippen LogP contribution in [0.1, 0.15) is 19.4 Å². The van der Waals surface area contributed by atoms with Gasteiger partial charge in [-0.25, -0.2) is 0 Å². The molecule has 0 N–H and O–H groups in total. The molecule has 1 aliphatic rings. The van der Waals surface area contributed by atoms with Gasteiger partial charge in [0.1, 0.15) is 0 Å². The highest BCUT2D eigenvalue weighted by Crippen LogP contribution is 2.37. The Labute approximate surface area is 83.3 Å². The molecule has 1 heterocycles. The first kappa shape index (κ1) is 8.75. The maximum atomic E-state index is 5.28. The largest absolute Gasteiger partial charge is 0.454 e. The van der Waals surface area contributed by atoms with Crippen molar-refractivity contribution in [2.45, 2.75) is 18.6 Å². The van der Waals surface area contributed by atoms with Gasteiger partial charge in [-0.15, -0.1) is 0 Å². The Bertz CT molecular complexity index is 328. The molecule has 0 fully saturated rings. The van der Waals surface area contributed by atoms with Crippen LogP contribution in [0.3, 0.4) is 0 Å². The average Bonchev–Trinajstić information content (AvgIpc) is 2.47. The van der Waals surface area contributed by atoms with Gasteiger partial charge in [0.15, 0.2) is 11.5 Å². The molecule has 0 spiro atoms. The van der Waals surface area contributed by atoms with Crippen molar-refractivity contribution in [1.82, 2.24) is 0 Å². The number of rotatable bonds is 1. The van der Waals surface area contributed by atoms with E-state index in [2.05, 4.69) is 12.6 Å². The van der Waals surface area contributed by atoms with Crippen molar-refractivity contribution in [2.75, 3.05) is 6.79 Å². The van der Waals surface area contributed by atoms with Crippen LogP contribution in [0, 0.1) is 0 Å². The number of hydrogen-bond acceptors (Lipinski definition) is 3. The monoisotopic (exact) mass is 196 g/mol. The smallest absolute Gasteiger partial charge is 0.231 e. The highest BCUT2D eigenvalue weighted by atomic mass is 32.1. The maximum absolute atomic E-state index is 5.28. The molecule has 0 saturated carbocycles. The molecule has 0 amide bonds.